The summed E-state index contributed by atoms with van der Waals surface area (Å²) in [5, 5.41) is 5.78. The number of carbonyl (C=O) groups is 1. The number of hydrogen-bond donors (Lipinski definition) is 3. The van der Waals surface area contributed by atoms with Crippen LogP contribution in [0.1, 0.15) is 5.69 Å². The van der Waals surface area contributed by atoms with Gasteiger partial charge in [0.2, 0.25) is 5.95 Å². The fourth-order valence-electron chi connectivity index (χ4n) is 1.40. The van der Waals surface area contributed by atoms with E-state index in [1.807, 2.05) is 6.92 Å². The summed E-state index contributed by atoms with van der Waals surface area (Å²) >= 11 is 1.32. The molecule has 2 amide bonds. The van der Waals surface area contributed by atoms with Gasteiger partial charge in [-0.15, -0.1) is 0 Å². The zero-order valence-corrected chi connectivity index (χ0v) is 10.7. The van der Waals surface area contributed by atoms with E-state index < -0.39 is 6.03 Å². The van der Waals surface area contributed by atoms with Crippen LogP contribution in [-0.2, 0) is 0 Å². The molecule has 2 rings (SSSR count). The lowest BCUT2D eigenvalue weighted by Crippen LogP contribution is -2.18. The topological polar surface area (TPSA) is 106 Å². The average Bonchev–Trinajstić information content (AvgIpc) is 2.69. The molecule has 2 aromatic heterocycles. The summed E-state index contributed by atoms with van der Waals surface area (Å²) in [7, 11) is 1.75. The van der Waals surface area contributed by atoms with Gasteiger partial charge in [-0.1, -0.05) is 11.3 Å². The van der Waals surface area contributed by atoms with Gasteiger partial charge in [-0.05, 0) is 13.0 Å². The molecule has 0 aliphatic carbocycles. The molecule has 2 heterocycles. The third-order valence-corrected chi connectivity index (χ3v) is 3.23. The molecule has 0 aliphatic heterocycles. The summed E-state index contributed by atoms with van der Waals surface area (Å²) in [6.45, 7) is 1.85. The number of nitrogens with one attached hydrogen (secondary N) is 2. The van der Waals surface area contributed by atoms with Gasteiger partial charge in [0.1, 0.15) is 0 Å². The number of thiazole rings is 1. The molecule has 0 saturated heterocycles. The fourth-order valence-corrected chi connectivity index (χ4v) is 2.34. The summed E-state index contributed by atoms with van der Waals surface area (Å²) in [4.78, 5) is 24.2. The Labute approximate surface area is 107 Å². The van der Waals surface area contributed by atoms with Gasteiger partial charge in [-0.2, -0.15) is 0 Å². The monoisotopic (exact) mass is 264 g/mol. The van der Waals surface area contributed by atoms with Crippen LogP contribution in [0.3, 0.4) is 0 Å². The summed E-state index contributed by atoms with van der Waals surface area (Å²) in [5.41, 5.74) is 6.58. The predicted molar refractivity (Wildman–Crippen MR) is 70.6 cm³/mol. The molecular weight excluding hydrogens is 252 g/mol. The van der Waals surface area contributed by atoms with E-state index in [4.69, 9.17) is 5.73 Å². The maximum absolute atomic E-state index is 10.8. The Morgan fingerprint density at radius 1 is 1.44 bits per heavy atom. The van der Waals surface area contributed by atoms with E-state index in [1.54, 1.807) is 19.3 Å². The molecule has 0 unspecified atom stereocenters. The molecule has 94 valence electrons. The molecule has 0 atom stereocenters. The third kappa shape index (κ3) is 2.54. The van der Waals surface area contributed by atoms with Gasteiger partial charge in [0.05, 0.1) is 16.3 Å². The van der Waals surface area contributed by atoms with Crippen LogP contribution in [0.25, 0.3) is 10.6 Å². The lowest BCUT2D eigenvalue weighted by Gasteiger charge is -2.00. The highest BCUT2D eigenvalue weighted by Crippen LogP contribution is 2.31. The van der Waals surface area contributed by atoms with Crippen molar-refractivity contribution in [1.29, 1.82) is 0 Å². The number of carbonyl (C=O) groups excluding carboxylic acids is 1. The first-order valence-electron chi connectivity index (χ1n) is 5.15. The van der Waals surface area contributed by atoms with Crippen LogP contribution in [0.4, 0.5) is 15.9 Å². The van der Waals surface area contributed by atoms with Gasteiger partial charge in [-0.3, -0.25) is 5.32 Å². The van der Waals surface area contributed by atoms with E-state index in [0.29, 0.717) is 11.1 Å². The third-order valence-electron chi connectivity index (χ3n) is 2.14. The van der Waals surface area contributed by atoms with Gasteiger partial charge in [0.15, 0.2) is 5.13 Å². The van der Waals surface area contributed by atoms with Gasteiger partial charge < -0.3 is 11.1 Å². The lowest BCUT2D eigenvalue weighted by atomic mass is 10.3. The summed E-state index contributed by atoms with van der Waals surface area (Å²) in [6.07, 6.45) is 1.66. The van der Waals surface area contributed by atoms with Crippen molar-refractivity contribution in [3.8, 4) is 10.6 Å². The van der Waals surface area contributed by atoms with Gasteiger partial charge in [-0.25, -0.2) is 19.7 Å². The van der Waals surface area contributed by atoms with Crippen LogP contribution >= 0.6 is 11.3 Å². The van der Waals surface area contributed by atoms with E-state index in [1.165, 1.54) is 11.3 Å². The first-order chi connectivity index (χ1) is 8.60. The van der Waals surface area contributed by atoms with Gasteiger partial charge in [0, 0.05) is 13.2 Å². The second-order valence-corrected chi connectivity index (χ2v) is 4.44. The highest BCUT2D eigenvalue weighted by molar-refractivity contribution is 7.19. The van der Waals surface area contributed by atoms with E-state index in [0.717, 1.165) is 16.3 Å². The zero-order valence-electron chi connectivity index (χ0n) is 9.89. The predicted octanol–water partition coefficient (Wildman–Crippen LogP) is 1.44. The molecule has 0 bridgehead atoms. The Morgan fingerprint density at radius 3 is 2.89 bits per heavy atom. The number of urea groups is 1. The Morgan fingerprint density at radius 2 is 2.22 bits per heavy atom. The molecular formula is C10H12N6OS. The van der Waals surface area contributed by atoms with Crippen LogP contribution in [-0.4, -0.2) is 28.0 Å². The normalized spacial score (nSPS) is 10.1. The first-order valence-corrected chi connectivity index (χ1v) is 5.97. The molecule has 7 nitrogen and oxygen atoms in total. The number of hydrogen-bond acceptors (Lipinski definition) is 6. The van der Waals surface area contributed by atoms with Crippen molar-refractivity contribution < 1.29 is 4.79 Å². The second kappa shape index (κ2) is 4.96. The van der Waals surface area contributed by atoms with E-state index >= 15 is 0 Å². The van der Waals surface area contributed by atoms with E-state index in [2.05, 4.69) is 25.6 Å². The molecule has 0 spiro atoms. The van der Waals surface area contributed by atoms with Gasteiger partial charge >= 0.3 is 6.03 Å². The van der Waals surface area contributed by atoms with Crippen molar-refractivity contribution >= 4 is 28.4 Å². The Balaban J connectivity index is 2.37. The van der Waals surface area contributed by atoms with Crippen molar-refractivity contribution in [2.45, 2.75) is 6.92 Å². The molecule has 0 aliphatic rings. The minimum Gasteiger partial charge on any atom is -0.357 e. The van der Waals surface area contributed by atoms with E-state index in [-0.39, 0.29) is 0 Å². The highest BCUT2D eigenvalue weighted by Gasteiger charge is 2.12. The zero-order chi connectivity index (χ0) is 13.1. The van der Waals surface area contributed by atoms with Crippen molar-refractivity contribution in [3.63, 3.8) is 0 Å². The SMILES string of the molecule is CNc1nccc(-c2sc(NC(N)=O)nc2C)n1. The smallest absolute Gasteiger partial charge is 0.318 e. The number of rotatable bonds is 3. The van der Waals surface area contributed by atoms with Crippen molar-refractivity contribution in [3.05, 3.63) is 18.0 Å². The largest absolute Gasteiger partial charge is 0.357 e. The number of aromatic nitrogens is 3. The Hall–Kier alpha value is -2.22. The minimum absolute atomic E-state index is 0.458. The maximum atomic E-state index is 10.8. The van der Waals surface area contributed by atoms with Crippen LogP contribution < -0.4 is 16.4 Å². The number of aryl methyl sites for hydroxylation is 1. The van der Waals surface area contributed by atoms with Crippen molar-refractivity contribution in [2.24, 2.45) is 5.73 Å². The Bertz CT molecular complexity index is 581. The number of primary amides is 1. The fraction of sp³-hybridized carbons (Fsp3) is 0.200. The summed E-state index contributed by atoms with van der Waals surface area (Å²) in [6, 6.07) is 1.16. The lowest BCUT2D eigenvalue weighted by molar-refractivity contribution is 0.259. The molecule has 2 aromatic rings. The van der Waals surface area contributed by atoms with Crippen molar-refractivity contribution in [1.82, 2.24) is 15.0 Å². The summed E-state index contributed by atoms with van der Waals surface area (Å²) < 4.78 is 0. The molecule has 18 heavy (non-hydrogen) atoms. The standard InChI is InChI=1S/C10H12N6OS/c1-5-7(18-10(14-5)16-8(11)17)6-3-4-13-9(12-2)15-6/h3-4H,1-2H3,(H,12,13,15)(H3,11,14,16,17). The van der Waals surface area contributed by atoms with Crippen molar-refractivity contribution in [2.75, 3.05) is 17.7 Å². The molecule has 8 heteroatoms. The number of amides is 2. The summed E-state index contributed by atoms with van der Waals surface area (Å²) in [5.74, 6) is 0.532. The van der Waals surface area contributed by atoms with Crippen LogP contribution in [0.5, 0.6) is 0 Å². The minimum atomic E-state index is -0.631. The molecule has 0 saturated carbocycles. The second-order valence-electron chi connectivity index (χ2n) is 3.44. The van der Waals surface area contributed by atoms with Gasteiger partial charge in [0.25, 0.3) is 0 Å². The highest BCUT2D eigenvalue weighted by atomic mass is 32.1. The molecule has 4 N–H and O–H groups in total. The maximum Gasteiger partial charge on any atom is 0.318 e. The van der Waals surface area contributed by atoms with Crippen LogP contribution in [0, 0.1) is 6.92 Å². The van der Waals surface area contributed by atoms with E-state index in [9.17, 15) is 4.79 Å². The number of nitrogens with two attached hydrogens (primary N) is 1. The molecule has 0 aromatic carbocycles. The van der Waals surface area contributed by atoms with Crippen LogP contribution in [0.15, 0.2) is 12.3 Å². The first kappa shape index (κ1) is 12.2. The molecule has 0 radical (unpaired) electrons. The van der Waals surface area contributed by atoms with Crippen LogP contribution in [0.2, 0.25) is 0 Å². The number of nitrogens with zero attached hydrogens (tertiary/aromatic N) is 3. The average molecular weight is 264 g/mol. The Kier molecular flexibility index (Phi) is 3.38. The number of anilines is 2. The molecule has 0 fully saturated rings. The quantitative estimate of drug-likeness (QED) is 0.777.